The minimum absolute atomic E-state index is 0.124. The number of ether oxygens (including phenoxy) is 4. The van der Waals surface area contributed by atoms with Gasteiger partial charge in [0.2, 0.25) is 0 Å². The molecule has 236 valence electrons. The molecule has 2 aliphatic heterocycles. The van der Waals surface area contributed by atoms with E-state index < -0.39 is 112 Å². The smallest absolute Gasteiger partial charge is 0.251 e. The fraction of sp³-hybridized carbons (Fsp3) is 0.955. The lowest BCUT2D eigenvalue weighted by Gasteiger charge is -2.46. The van der Waals surface area contributed by atoms with Crippen molar-refractivity contribution in [1.82, 2.24) is 5.32 Å². The van der Waals surface area contributed by atoms with Gasteiger partial charge in [-0.05, 0) is 19.4 Å². The summed E-state index contributed by atoms with van der Waals surface area (Å²) in [5.41, 5.74) is 5.37. The van der Waals surface area contributed by atoms with Crippen LogP contribution in [0.3, 0.4) is 0 Å². The van der Waals surface area contributed by atoms with Gasteiger partial charge in [0.05, 0.1) is 19.8 Å². The summed E-state index contributed by atoms with van der Waals surface area (Å²) in [4.78, 5) is 12.2. The van der Waals surface area contributed by atoms with Gasteiger partial charge in [-0.15, -0.1) is 0 Å². The molecule has 18 heteroatoms. The van der Waals surface area contributed by atoms with E-state index in [4.69, 9.17) is 24.7 Å². The molecule has 0 spiro atoms. The van der Waals surface area contributed by atoms with Gasteiger partial charge in [0.1, 0.15) is 67.1 Å². The largest absolute Gasteiger partial charge is 0.394 e. The van der Waals surface area contributed by atoms with Crippen LogP contribution in [0.4, 0.5) is 0 Å². The number of carbonyl (C=O) groups excluding carboxylic acids is 1. The molecule has 40 heavy (non-hydrogen) atoms. The Labute approximate surface area is 229 Å². The maximum Gasteiger partial charge on any atom is 0.251 e. The second-order valence-electron chi connectivity index (χ2n) is 9.58. The summed E-state index contributed by atoms with van der Waals surface area (Å²) in [5.74, 6) is -1.03. The second kappa shape index (κ2) is 16.5. The zero-order valence-electron chi connectivity index (χ0n) is 21.6. The molecule has 0 unspecified atom stereocenters. The molecule has 14 N–H and O–H groups in total. The molecule has 0 aromatic carbocycles. The summed E-state index contributed by atoms with van der Waals surface area (Å²) >= 11 is 0. The third-order valence-corrected chi connectivity index (χ3v) is 6.68. The molecule has 2 fully saturated rings. The highest BCUT2D eigenvalue weighted by Crippen LogP contribution is 2.30. The number of aliphatic hydroxyl groups is 11. The number of rotatable bonds is 15. The van der Waals surface area contributed by atoms with Crippen molar-refractivity contribution in [3.63, 3.8) is 0 Å². The fourth-order valence-electron chi connectivity index (χ4n) is 4.25. The Kier molecular flexibility index (Phi) is 14.4. The molecule has 0 aromatic rings. The molecule has 0 radical (unpaired) electrons. The standard InChI is InChI=1S/C22H42N2O16/c23-3-1-2-4-24-20(36)15(33)13(31)18(8(28)5-25)39-22-17(35)14(32)19(10(7-27)38-22)40-21-16(34)12(30)11(29)9(6-26)37-21/h8-19,21-22,25-35H,1-7,23H2,(H,24,36)/t8-,9-,10-,11-,12+,13-,14-,15-,16-,17-,18-,19-,21-,22-/m1/s1. The molecule has 18 nitrogen and oxygen atoms in total. The van der Waals surface area contributed by atoms with Crippen molar-refractivity contribution in [2.45, 2.75) is 98.7 Å². The summed E-state index contributed by atoms with van der Waals surface area (Å²) in [6, 6.07) is 0. The van der Waals surface area contributed by atoms with Crippen LogP contribution in [0.2, 0.25) is 0 Å². The van der Waals surface area contributed by atoms with Gasteiger partial charge in [0.25, 0.3) is 5.91 Å². The molecular formula is C22H42N2O16. The first-order valence-corrected chi connectivity index (χ1v) is 12.8. The Morgan fingerprint density at radius 3 is 2.00 bits per heavy atom. The molecule has 2 aliphatic rings. The maximum atomic E-state index is 12.2. The van der Waals surface area contributed by atoms with Gasteiger partial charge in [0, 0.05) is 6.54 Å². The third kappa shape index (κ3) is 8.44. The number of hydrogen-bond acceptors (Lipinski definition) is 17. The molecule has 1 amide bonds. The Hall–Kier alpha value is -1.17. The predicted octanol–water partition coefficient (Wildman–Crippen LogP) is -8.07. The van der Waals surface area contributed by atoms with E-state index in [1.54, 1.807) is 0 Å². The van der Waals surface area contributed by atoms with Gasteiger partial charge >= 0.3 is 0 Å². The minimum atomic E-state index is -2.17. The number of amides is 1. The van der Waals surface area contributed by atoms with Gasteiger partial charge in [-0.2, -0.15) is 0 Å². The average Bonchev–Trinajstić information content (AvgIpc) is 2.95. The van der Waals surface area contributed by atoms with E-state index in [2.05, 4.69) is 5.32 Å². The fourth-order valence-corrected chi connectivity index (χ4v) is 4.25. The van der Waals surface area contributed by atoms with Gasteiger partial charge in [-0.1, -0.05) is 0 Å². The average molecular weight is 591 g/mol. The maximum absolute atomic E-state index is 12.2. The molecule has 2 rings (SSSR count). The van der Waals surface area contributed by atoms with Crippen LogP contribution >= 0.6 is 0 Å². The quantitative estimate of drug-likeness (QED) is 0.0787. The molecule has 14 atom stereocenters. The summed E-state index contributed by atoms with van der Waals surface area (Å²) < 4.78 is 21.4. The lowest BCUT2D eigenvalue weighted by molar-refractivity contribution is -0.367. The number of unbranched alkanes of at least 4 members (excludes halogenated alkanes) is 1. The zero-order valence-corrected chi connectivity index (χ0v) is 21.6. The number of carbonyl (C=O) groups is 1. The lowest BCUT2D eigenvalue weighted by atomic mass is 9.96. The Bertz CT molecular complexity index is 750. The van der Waals surface area contributed by atoms with Crippen LogP contribution in [-0.2, 0) is 23.7 Å². The molecule has 0 saturated carbocycles. The Balaban J connectivity index is 2.13. The minimum Gasteiger partial charge on any atom is -0.394 e. The van der Waals surface area contributed by atoms with Crippen molar-refractivity contribution in [1.29, 1.82) is 0 Å². The monoisotopic (exact) mass is 590 g/mol. The van der Waals surface area contributed by atoms with E-state index >= 15 is 0 Å². The summed E-state index contributed by atoms with van der Waals surface area (Å²) in [6.07, 6.45) is -24.8. The van der Waals surface area contributed by atoms with Crippen LogP contribution in [0.1, 0.15) is 12.8 Å². The molecule has 0 aromatic heterocycles. The van der Waals surface area contributed by atoms with E-state index in [0.29, 0.717) is 19.4 Å². The SMILES string of the molecule is NCCCCNC(=O)[C@H](O)[C@@H](O)[C@H](O[C@H]1O[C@H](CO)[C@@H](O[C@H]2O[C@H](CO)[C@@H](O)[C@H](O)[C@H]2O)[C@H](O)[C@H]1O)[C@H](O)CO. The first kappa shape index (κ1) is 35.0. The highest BCUT2D eigenvalue weighted by molar-refractivity contribution is 5.81. The van der Waals surface area contributed by atoms with Crippen molar-refractivity contribution in [2.24, 2.45) is 5.73 Å². The molecular weight excluding hydrogens is 548 g/mol. The topological polar surface area (TPSA) is 315 Å². The van der Waals surface area contributed by atoms with Crippen LogP contribution in [-0.4, -0.2) is 181 Å². The van der Waals surface area contributed by atoms with Gasteiger partial charge in [-0.25, -0.2) is 0 Å². The summed E-state index contributed by atoms with van der Waals surface area (Å²) in [6.45, 7) is -2.19. The highest BCUT2D eigenvalue weighted by Gasteiger charge is 2.52. The lowest BCUT2D eigenvalue weighted by Crippen LogP contribution is -2.65. The molecule has 0 bridgehead atoms. The molecule has 2 heterocycles. The van der Waals surface area contributed by atoms with Gasteiger partial charge in [0.15, 0.2) is 18.7 Å². The first-order chi connectivity index (χ1) is 18.9. The van der Waals surface area contributed by atoms with Crippen LogP contribution < -0.4 is 11.1 Å². The van der Waals surface area contributed by atoms with E-state index in [-0.39, 0.29) is 6.54 Å². The molecule has 0 aliphatic carbocycles. The highest BCUT2D eigenvalue weighted by atomic mass is 16.7. The second-order valence-corrected chi connectivity index (χ2v) is 9.58. The van der Waals surface area contributed by atoms with Crippen LogP contribution in [0, 0.1) is 0 Å². The van der Waals surface area contributed by atoms with Crippen molar-refractivity contribution >= 4 is 5.91 Å². The summed E-state index contributed by atoms with van der Waals surface area (Å²) in [5, 5.41) is 113. The van der Waals surface area contributed by atoms with Gasteiger partial charge < -0.3 is 86.2 Å². The van der Waals surface area contributed by atoms with Crippen molar-refractivity contribution in [2.75, 3.05) is 32.9 Å². The Morgan fingerprint density at radius 2 is 1.43 bits per heavy atom. The van der Waals surface area contributed by atoms with E-state index in [9.17, 15) is 61.0 Å². The van der Waals surface area contributed by atoms with E-state index in [0.717, 1.165) is 0 Å². The normalized spacial score (nSPS) is 37.9. The van der Waals surface area contributed by atoms with Gasteiger partial charge in [-0.3, -0.25) is 4.79 Å². The van der Waals surface area contributed by atoms with Crippen molar-refractivity contribution < 1.29 is 79.9 Å². The molecule has 2 saturated heterocycles. The van der Waals surface area contributed by atoms with E-state index in [1.807, 2.05) is 0 Å². The zero-order chi connectivity index (χ0) is 30.1. The Morgan fingerprint density at radius 1 is 0.825 bits per heavy atom. The van der Waals surface area contributed by atoms with Crippen LogP contribution in [0.15, 0.2) is 0 Å². The van der Waals surface area contributed by atoms with Crippen LogP contribution in [0.25, 0.3) is 0 Å². The van der Waals surface area contributed by atoms with Crippen molar-refractivity contribution in [3.8, 4) is 0 Å². The van der Waals surface area contributed by atoms with Crippen molar-refractivity contribution in [3.05, 3.63) is 0 Å². The third-order valence-electron chi connectivity index (χ3n) is 6.68. The van der Waals surface area contributed by atoms with E-state index in [1.165, 1.54) is 0 Å². The number of hydrogen-bond donors (Lipinski definition) is 13. The van der Waals surface area contributed by atoms with Crippen LogP contribution in [0.5, 0.6) is 0 Å². The number of nitrogens with one attached hydrogen (secondary N) is 1. The number of nitrogens with two attached hydrogens (primary N) is 1. The number of aliphatic hydroxyl groups excluding tert-OH is 11. The first-order valence-electron chi connectivity index (χ1n) is 12.8. The predicted molar refractivity (Wildman–Crippen MR) is 128 cm³/mol. The summed E-state index contributed by atoms with van der Waals surface area (Å²) in [7, 11) is 0.